The summed E-state index contributed by atoms with van der Waals surface area (Å²) in [6, 6.07) is 0. The Bertz CT molecular complexity index is 576. The molecule has 0 aromatic carbocycles. The molecule has 8 nitrogen and oxygen atoms in total. The van der Waals surface area contributed by atoms with Gasteiger partial charge in [-0.3, -0.25) is 0 Å². The first-order valence-corrected chi connectivity index (χ1v) is 5.49. The number of hydrogen-bond donors (Lipinski definition) is 2. The van der Waals surface area contributed by atoms with Gasteiger partial charge in [-0.25, -0.2) is 4.98 Å². The Hall–Kier alpha value is -2.01. The van der Waals surface area contributed by atoms with Crippen LogP contribution in [-0.2, 0) is 0 Å². The largest absolute Gasteiger partial charge is 0.416 e. The normalized spacial score (nSPS) is 13.2. The molecule has 0 aliphatic heterocycles. The maximum absolute atomic E-state index is 12.1. The molecule has 0 aliphatic carbocycles. The summed E-state index contributed by atoms with van der Waals surface area (Å²) >= 11 is 5.62. The third-order valence-electron chi connectivity index (χ3n) is 2.05. The number of alkyl halides is 3. The van der Waals surface area contributed by atoms with Crippen molar-refractivity contribution in [3.63, 3.8) is 0 Å². The van der Waals surface area contributed by atoms with Crippen molar-refractivity contribution < 1.29 is 18.3 Å². The first-order chi connectivity index (χ1) is 9.36. The van der Waals surface area contributed by atoms with E-state index >= 15 is 0 Å². The highest BCUT2D eigenvalue weighted by Gasteiger charge is 2.38. The van der Waals surface area contributed by atoms with E-state index in [-0.39, 0.29) is 17.2 Å². The number of anilines is 1. The molecule has 0 fully saturated rings. The van der Waals surface area contributed by atoms with Crippen LogP contribution in [0.25, 0.3) is 5.95 Å². The van der Waals surface area contributed by atoms with E-state index in [0.717, 1.165) is 4.68 Å². The van der Waals surface area contributed by atoms with Crippen molar-refractivity contribution >= 4 is 17.5 Å². The average Bonchev–Trinajstić information content (AvgIpc) is 2.88. The van der Waals surface area contributed by atoms with Crippen LogP contribution in [-0.4, -0.2) is 53.6 Å². The maximum atomic E-state index is 12.1. The summed E-state index contributed by atoms with van der Waals surface area (Å²) in [7, 11) is 0. The lowest BCUT2D eigenvalue weighted by Gasteiger charge is -2.15. The second kappa shape index (κ2) is 5.54. The zero-order chi connectivity index (χ0) is 14.8. The van der Waals surface area contributed by atoms with Crippen LogP contribution in [0.2, 0.25) is 5.28 Å². The van der Waals surface area contributed by atoms with Crippen LogP contribution in [0.3, 0.4) is 0 Å². The number of nitrogens with one attached hydrogen (secondary N) is 1. The van der Waals surface area contributed by atoms with Crippen LogP contribution in [0.15, 0.2) is 12.7 Å². The Morgan fingerprint density at radius 2 is 2.10 bits per heavy atom. The van der Waals surface area contributed by atoms with E-state index in [0.29, 0.717) is 0 Å². The monoisotopic (exact) mass is 309 g/mol. The molecule has 0 amide bonds. The molecule has 2 N–H and O–H groups in total. The highest BCUT2D eigenvalue weighted by atomic mass is 35.5. The number of aliphatic hydroxyl groups is 1. The van der Waals surface area contributed by atoms with E-state index in [4.69, 9.17) is 16.7 Å². The van der Waals surface area contributed by atoms with Crippen molar-refractivity contribution in [2.45, 2.75) is 12.3 Å². The Morgan fingerprint density at radius 3 is 2.70 bits per heavy atom. The molecule has 2 rings (SSSR count). The standard InChI is InChI=1S/C8H7ClF3N7O/c9-5-16-6(14-1-4(20)8(10,11)12)18-7(17-5)19-3-13-2-15-19/h2-4,20H,1H2,(H,14,16,17,18). The van der Waals surface area contributed by atoms with Crippen molar-refractivity contribution in [2.75, 3.05) is 11.9 Å². The van der Waals surface area contributed by atoms with Gasteiger partial charge in [0.2, 0.25) is 11.2 Å². The molecule has 0 radical (unpaired) electrons. The van der Waals surface area contributed by atoms with E-state index in [1.807, 2.05) is 0 Å². The Kier molecular flexibility index (Phi) is 3.99. The molecule has 20 heavy (non-hydrogen) atoms. The molecular weight excluding hydrogens is 303 g/mol. The van der Waals surface area contributed by atoms with Gasteiger partial charge in [-0.2, -0.15) is 37.9 Å². The van der Waals surface area contributed by atoms with Gasteiger partial charge < -0.3 is 10.4 Å². The Labute approximate surface area is 114 Å². The molecule has 2 aromatic heterocycles. The molecular formula is C8H7ClF3N7O. The van der Waals surface area contributed by atoms with Gasteiger partial charge in [0.25, 0.3) is 5.95 Å². The first kappa shape index (κ1) is 14.4. The quantitative estimate of drug-likeness (QED) is 0.845. The van der Waals surface area contributed by atoms with Crippen LogP contribution in [0.1, 0.15) is 0 Å². The minimum atomic E-state index is -4.74. The van der Waals surface area contributed by atoms with Gasteiger partial charge >= 0.3 is 6.18 Å². The number of rotatable bonds is 4. The van der Waals surface area contributed by atoms with Crippen LogP contribution >= 0.6 is 11.6 Å². The van der Waals surface area contributed by atoms with Gasteiger partial charge in [-0.1, -0.05) is 0 Å². The van der Waals surface area contributed by atoms with Crippen molar-refractivity contribution in [1.29, 1.82) is 0 Å². The summed E-state index contributed by atoms with van der Waals surface area (Å²) in [4.78, 5) is 14.8. The van der Waals surface area contributed by atoms with Crippen LogP contribution in [0.5, 0.6) is 0 Å². The van der Waals surface area contributed by atoms with Crippen LogP contribution < -0.4 is 5.32 Å². The maximum Gasteiger partial charge on any atom is 0.416 e. The SMILES string of the molecule is OC(CNc1nc(Cl)nc(-n2cncn2)n1)C(F)(F)F. The molecule has 1 atom stereocenters. The molecule has 0 saturated heterocycles. The zero-order valence-corrected chi connectivity index (χ0v) is 10.3. The summed E-state index contributed by atoms with van der Waals surface area (Å²) in [6.45, 7) is -0.819. The highest BCUT2D eigenvalue weighted by molar-refractivity contribution is 6.28. The molecule has 0 bridgehead atoms. The van der Waals surface area contributed by atoms with Gasteiger partial charge in [0.15, 0.2) is 6.10 Å². The van der Waals surface area contributed by atoms with E-state index in [9.17, 15) is 13.2 Å². The molecule has 108 valence electrons. The van der Waals surface area contributed by atoms with Gasteiger partial charge in [0.05, 0.1) is 6.54 Å². The fourth-order valence-corrected chi connectivity index (χ4v) is 1.29. The summed E-state index contributed by atoms with van der Waals surface area (Å²) in [5.41, 5.74) is 0. The fraction of sp³-hybridized carbons (Fsp3) is 0.375. The smallest absolute Gasteiger partial charge is 0.382 e. The fourth-order valence-electron chi connectivity index (χ4n) is 1.14. The van der Waals surface area contributed by atoms with Crippen molar-refractivity contribution in [3.8, 4) is 5.95 Å². The summed E-state index contributed by atoms with van der Waals surface area (Å²) in [5.74, 6) is -0.245. The number of hydrogen-bond acceptors (Lipinski definition) is 7. The van der Waals surface area contributed by atoms with Gasteiger partial charge in [-0.05, 0) is 11.6 Å². The Morgan fingerprint density at radius 1 is 1.35 bits per heavy atom. The van der Waals surface area contributed by atoms with Gasteiger partial charge in [0, 0.05) is 0 Å². The van der Waals surface area contributed by atoms with E-state index in [1.165, 1.54) is 12.7 Å². The van der Waals surface area contributed by atoms with E-state index in [2.05, 4.69) is 30.4 Å². The Balaban J connectivity index is 2.13. The van der Waals surface area contributed by atoms with Crippen molar-refractivity contribution in [3.05, 3.63) is 17.9 Å². The summed E-state index contributed by atoms with van der Waals surface area (Å²) in [6.07, 6.45) is -4.79. The summed E-state index contributed by atoms with van der Waals surface area (Å²) in [5, 5.41) is 14.6. The zero-order valence-electron chi connectivity index (χ0n) is 9.58. The van der Waals surface area contributed by atoms with Crippen molar-refractivity contribution in [1.82, 2.24) is 29.7 Å². The second-order valence-electron chi connectivity index (χ2n) is 3.51. The van der Waals surface area contributed by atoms with Crippen LogP contribution in [0, 0.1) is 0 Å². The minimum absolute atomic E-state index is 0.0218. The molecule has 0 aliphatic rings. The number of nitrogens with zero attached hydrogens (tertiary/aromatic N) is 6. The van der Waals surface area contributed by atoms with Gasteiger partial charge in [-0.15, -0.1) is 0 Å². The first-order valence-electron chi connectivity index (χ1n) is 5.11. The third kappa shape index (κ3) is 3.51. The lowest BCUT2D eigenvalue weighted by molar-refractivity contribution is -0.198. The topological polar surface area (TPSA) is 102 Å². The third-order valence-corrected chi connectivity index (χ3v) is 2.22. The molecule has 1 unspecified atom stereocenters. The molecule has 2 aromatic rings. The lowest BCUT2D eigenvalue weighted by atomic mass is 10.3. The van der Waals surface area contributed by atoms with Gasteiger partial charge in [0.1, 0.15) is 12.7 Å². The number of aromatic nitrogens is 6. The number of aliphatic hydroxyl groups excluding tert-OH is 1. The van der Waals surface area contributed by atoms with Crippen molar-refractivity contribution in [2.24, 2.45) is 0 Å². The molecule has 12 heteroatoms. The molecule has 2 heterocycles. The van der Waals surface area contributed by atoms with Crippen LogP contribution in [0.4, 0.5) is 19.1 Å². The average molecular weight is 310 g/mol. The number of halogens is 4. The highest BCUT2D eigenvalue weighted by Crippen LogP contribution is 2.20. The summed E-state index contributed by atoms with van der Waals surface area (Å²) < 4.78 is 37.6. The van der Waals surface area contributed by atoms with E-state index in [1.54, 1.807) is 0 Å². The lowest BCUT2D eigenvalue weighted by Crippen LogP contribution is -2.35. The second-order valence-corrected chi connectivity index (χ2v) is 3.84. The molecule has 0 saturated carbocycles. The molecule has 0 spiro atoms. The predicted molar refractivity (Wildman–Crippen MR) is 60.3 cm³/mol. The minimum Gasteiger partial charge on any atom is -0.382 e. The predicted octanol–water partition coefficient (Wildman–Crippen LogP) is 0.441. The van der Waals surface area contributed by atoms with E-state index < -0.39 is 18.8 Å².